The molecule has 0 aliphatic carbocycles. The van der Waals surface area contributed by atoms with Gasteiger partial charge in [0.1, 0.15) is 5.15 Å². The van der Waals surface area contributed by atoms with E-state index in [1.807, 2.05) is 0 Å². The number of anilines is 1. The van der Waals surface area contributed by atoms with E-state index in [-0.39, 0.29) is 22.0 Å². The number of halogens is 3. The number of pyridine rings is 1. The number of carboxylic acids is 1. The van der Waals surface area contributed by atoms with Gasteiger partial charge in [-0.3, -0.25) is 4.79 Å². The molecule has 0 saturated carbocycles. The lowest BCUT2D eigenvalue weighted by atomic mass is 10.1. The highest BCUT2D eigenvalue weighted by Crippen LogP contribution is 2.24. The van der Waals surface area contributed by atoms with E-state index in [1.54, 1.807) is 0 Å². The Balaban J connectivity index is 2.38. The molecule has 1 heterocycles. The largest absolute Gasteiger partial charge is 0.478 e. The van der Waals surface area contributed by atoms with E-state index < -0.39 is 11.9 Å². The molecule has 2 rings (SSSR count). The van der Waals surface area contributed by atoms with Crippen LogP contribution < -0.4 is 5.32 Å². The number of hydrogen-bond donors (Lipinski definition) is 2. The standard InChI is InChI=1S/C13H7BrCl2N2O3/c14-6-3-9(11(16)17-5-6)12(19)18-10-4-7(15)1-2-8(10)13(20)21/h1-5H,(H,18,19)(H,20,21). The summed E-state index contributed by atoms with van der Waals surface area (Å²) >= 11 is 14.9. The molecule has 1 aromatic carbocycles. The van der Waals surface area contributed by atoms with Crippen LogP contribution in [0.1, 0.15) is 20.7 Å². The highest BCUT2D eigenvalue weighted by atomic mass is 79.9. The first kappa shape index (κ1) is 15.8. The molecule has 21 heavy (non-hydrogen) atoms. The maximum atomic E-state index is 12.2. The number of nitrogens with zero attached hydrogens (tertiary/aromatic N) is 1. The lowest BCUT2D eigenvalue weighted by molar-refractivity contribution is 0.0698. The lowest BCUT2D eigenvalue weighted by Crippen LogP contribution is -2.15. The van der Waals surface area contributed by atoms with Crippen molar-refractivity contribution in [3.63, 3.8) is 0 Å². The third kappa shape index (κ3) is 3.72. The minimum absolute atomic E-state index is 0.00889. The summed E-state index contributed by atoms with van der Waals surface area (Å²) in [5.41, 5.74) is 0.116. The van der Waals surface area contributed by atoms with Crippen LogP contribution in [-0.2, 0) is 0 Å². The summed E-state index contributed by atoms with van der Waals surface area (Å²) in [7, 11) is 0. The van der Waals surface area contributed by atoms with Crippen molar-refractivity contribution in [1.82, 2.24) is 4.98 Å². The molecule has 0 aliphatic heterocycles. The zero-order valence-corrected chi connectivity index (χ0v) is 13.3. The molecule has 2 N–H and O–H groups in total. The fraction of sp³-hybridized carbons (Fsp3) is 0. The summed E-state index contributed by atoms with van der Waals surface area (Å²) in [6.45, 7) is 0. The van der Waals surface area contributed by atoms with Gasteiger partial charge in [0, 0.05) is 15.7 Å². The SMILES string of the molecule is O=C(O)c1ccc(Cl)cc1NC(=O)c1cc(Br)cnc1Cl. The summed E-state index contributed by atoms with van der Waals surface area (Å²) in [4.78, 5) is 27.1. The Morgan fingerprint density at radius 1 is 1.19 bits per heavy atom. The minimum atomic E-state index is -1.18. The maximum Gasteiger partial charge on any atom is 0.337 e. The molecule has 0 fully saturated rings. The van der Waals surface area contributed by atoms with Gasteiger partial charge in [-0.2, -0.15) is 0 Å². The summed E-state index contributed by atoms with van der Waals surface area (Å²) in [6, 6.07) is 5.56. The van der Waals surface area contributed by atoms with Crippen LogP contribution in [0.5, 0.6) is 0 Å². The van der Waals surface area contributed by atoms with Gasteiger partial charge in [0.25, 0.3) is 5.91 Å². The molecule has 0 atom stereocenters. The molecule has 108 valence electrons. The number of benzene rings is 1. The van der Waals surface area contributed by atoms with Crippen molar-refractivity contribution in [3.8, 4) is 0 Å². The third-order valence-electron chi connectivity index (χ3n) is 2.51. The van der Waals surface area contributed by atoms with Gasteiger partial charge in [0.15, 0.2) is 0 Å². The molecule has 1 amide bonds. The van der Waals surface area contributed by atoms with Gasteiger partial charge in [-0.1, -0.05) is 23.2 Å². The van der Waals surface area contributed by atoms with Crippen LogP contribution in [0.4, 0.5) is 5.69 Å². The Kier molecular flexibility index (Phi) is 4.82. The van der Waals surface area contributed by atoms with Crippen LogP contribution in [-0.4, -0.2) is 22.0 Å². The maximum absolute atomic E-state index is 12.2. The van der Waals surface area contributed by atoms with Gasteiger partial charge in [-0.05, 0) is 40.2 Å². The number of carboxylic acid groups (broad SMARTS) is 1. The normalized spacial score (nSPS) is 10.2. The van der Waals surface area contributed by atoms with Crippen molar-refractivity contribution in [2.24, 2.45) is 0 Å². The molecule has 0 saturated heterocycles. The number of carbonyl (C=O) groups is 2. The fourth-order valence-electron chi connectivity index (χ4n) is 1.58. The second kappa shape index (κ2) is 6.43. The Morgan fingerprint density at radius 2 is 1.90 bits per heavy atom. The number of aromatic nitrogens is 1. The Labute approximate surface area is 138 Å². The van der Waals surface area contributed by atoms with Gasteiger partial charge in [0.05, 0.1) is 16.8 Å². The summed E-state index contributed by atoms with van der Waals surface area (Å²) in [6.07, 6.45) is 1.45. The van der Waals surface area contributed by atoms with Crippen molar-refractivity contribution in [2.75, 3.05) is 5.32 Å². The van der Waals surface area contributed by atoms with E-state index >= 15 is 0 Å². The van der Waals surface area contributed by atoms with Gasteiger partial charge in [0.2, 0.25) is 0 Å². The Morgan fingerprint density at radius 3 is 2.57 bits per heavy atom. The van der Waals surface area contributed by atoms with Gasteiger partial charge >= 0.3 is 5.97 Å². The van der Waals surface area contributed by atoms with Crippen LogP contribution in [0.15, 0.2) is 34.9 Å². The number of aromatic carboxylic acids is 1. The summed E-state index contributed by atoms with van der Waals surface area (Å²) in [5, 5.41) is 11.9. The van der Waals surface area contributed by atoms with Crippen molar-refractivity contribution in [3.05, 3.63) is 56.2 Å². The second-order valence-electron chi connectivity index (χ2n) is 3.94. The summed E-state index contributed by atoms with van der Waals surface area (Å²) in [5.74, 6) is -1.76. The van der Waals surface area contributed by atoms with Crippen LogP contribution in [0.3, 0.4) is 0 Å². The van der Waals surface area contributed by atoms with E-state index in [0.717, 1.165) is 0 Å². The molecule has 8 heteroatoms. The van der Waals surface area contributed by atoms with E-state index in [4.69, 9.17) is 28.3 Å². The average molecular weight is 390 g/mol. The molecular formula is C13H7BrCl2N2O3. The molecule has 0 aliphatic rings. The number of carbonyl (C=O) groups excluding carboxylic acids is 1. The third-order valence-corrected chi connectivity index (χ3v) is 3.48. The van der Waals surface area contributed by atoms with Gasteiger partial charge in [-0.25, -0.2) is 9.78 Å². The van der Waals surface area contributed by atoms with E-state index in [2.05, 4.69) is 26.2 Å². The second-order valence-corrected chi connectivity index (χ2v) is 5.65. The highest BCUT2D eigenvalue weighted by Gasteiger charge is 2.17. The average Bonchev–Trinajstić information content (AvgIpc) is 2.41. The van der Waals surface area contributed by atoms with Crippen molar-refractivity contribution >= 4 is 56.7 Å². The fourth-order valence-corrected chi connectivity index (χ4v) is 2.27. The number of rotatable bonds is 3. The predicted octanol–water partition coefficient (Wildman–Crippen LogP) is 4.10. The molecular weight excluding hydrogens is 383 g/mol. The zero-order chi connectivity index (χ0) is 15.6. The number of amides is 1. The molecule has 0 radical (unpaired) electrons. The monoisotopic (exact) mass is 388 g/mol. The van der Waals surface area contributed by atoms with Gasteiger partial charge in [-0.15, -0.1) is 0 Å². The Bertz CT molecular complexity index is 737. The van der Waals surface area contributed by atoms with Crippen molar-refractivity contribution in [1.29, 1.82) is 0 Å². The zero-order valence-electron chi connectivity index (χ0n) is 10.2. The van der Waals surface area contributed by atoms with Gasteiger partial charge < -0.3 is 10.4 Å². The first-order chi connectivity index (χ1) is 9.88. The molecule has 5 nitrogen and oxygen atoms in total. The summed E-state index contributed by atoms with van der Waals surface area (Å²) < 4.78 is 0.571. The first-order valence-electron chi connectivity index (χ1n) is 5.53. The first-order valence-corrected chi connectivity index (χ1v) is 7.08. The Hall–Kier alpha value is -1.63. The van der Waals surface area contributed by atoms with Crippen molar-refractivity contribution in [2.45, 2.75) is 0 Å². The number of nitrogens with one attached hydrogen (secondary N) is 1. The van der Waals surface area contributed by atoms with Crippen LogP contribution in [0.2, 0.25) is 10.2 Å². The molecule has 1 aromatic heterocycles. The van der Waals surface area contributed by atoms with E-state index in [1.165, 1.54) is 30.5 Å². The quantitative estimate of drug-likeness (QED) is 0.774. The van der Waals surface area contributed by atoms with Crippen molar-refractivity contribution < 1.29 is 14.7 Å². The number of hydrogen-bond acceptors (Lipinski definition) is 3. The topological polar surface area (TPSA) is 79.3 Å². The highest BCUT2D eigenvalue weighted by molar-refractivity contribution is 9.10. The molecule has 0 bridgehead atoms. The lowest BCUT2D eigenvalue weighted by Gasteiger charge is -2.10. The van der Waals surface area contributed by atoms with Crippen LogP contribution in [0, 0.1) is 0 Å². The minimum Gasteiger partial charge on any atom is -0.478 e. The predicted molar refractivity (Wildman–Crippen MR) is 83.3 cm³/mol. The van der Waals surface area contributed by atoms with Crippen LogP contribution >= 0.6 is 39.1 Å². The molecule has 0 spiro atoms. The van der Waals surface area contributed by atoms with E-state index in [9.17, 15) is 9.59 Å². The van der Waals surface area contributed by atoms with E-state index in [0.29, 0.717) is 9.50 Å². The molecule has 2 aromatic rings. The smallest absolute Gasteiger partial charge is 0.337 e. The molecule has 0 unspecified atom stereocenters. The van der Waals surface area contributed by atoms with Crippen LogP contribution in [0.25, 0.3) is 0 Å².